The Bertz CT molecular complexity index is 2900. The Hall–Kier alpha value is -6.98. The maximum atomic E-state index is 5.40. The van der Waals surface area contributed by atoms with Gasteiger partial charge in [0.05, 0.1) is 39.3 Å². The molecule has 0 bridgehead atoms. The van der Waals surface area contributed by atoms with E-state index >= 15 is 0 Å². The molecule has 0 atom stereocenters. The van der Waals surface area contributed by atoms with Gasteiger partial charge in [-0.3, -0.25) is 4.98 Å². The van der Waals surface area contributed by atoms with Gasteiger partial charge in [-0.15, -0.1) is 0 Å². The van der Waals surface area contributed by atoms with Crippen LogP contribution in [0.5, 0.6) is 0 Å². The van der Waals surface area contributed by atoms with Gasteiger partial charge in [-0.05, 0) is 47.3 Å². The van der Waals surface area contributed by atoms with E-state index in [4.69, 9.17) is 15.1 Å². The first-order valence-electron chi connectivity index (χ1n) is 17.1. The summed E-state index contributed by atoms with van der Waals surface area (Å²) in [6, 6.07) is 58.8. The van der Waals surface area contributed by atoms with Gasteiger partial charge in [-0.1, -0.05) is 133 Å². The summed E-state index contributed by atoms with van der Waals surface area (Å²) in [4.78, 5) is 15.2. The first kappa shape index (κ1) is 29.0. The molecule has 5 heteroatoms. The van der Waals surface area contributed by atoms with Crippen LogP contribution in [0.1, 0.15) is 0 Å². The maximum Gasteiger partial charge on any atom is 0.101 e. The Balaban J connectivity index is 1.31. The molecule has 6 aromatic carbocycles. The third-order valence-corrected chi connectivity index (χ3v) is 9.65. The number of benzene rings is 6. The van der Waals surface area contributed by atoms with E-state index in [9.17, 15) is 0 Å². The summed E-state index contributed by atoms with van der Waals surface area (Å²) < 4.78 is 2.11. The van der Waals surface area contributed by atoms with E-state index in [0.29, 0.717) is 0 Å². The lowest BCUT2D eigenvalue weighted by Gasteiger charge is -2.18. The van der Waals surface area contributed by atoms with Crippen LogP contribution in [0.2, 0.25) is 0 Å². The van der Waals surface area contributed by atoms with Crippen LogP contribution in [0, 0.1) is 0 Å². The Morgan fingerprint density at radius 1 is 0.412 bits per heavy atom. The monoisotopic (exact) mass is 651 g/mol. The van der Waals surface area contributed by atoms with Crippen molar-refractivity contribution < 1.29 is 0 Å². The van der Waals surface area contributed by atoms with Crippen molar-refractivity contribution in [1.29, 1.82) is 0 Å². The van der Waals surface area contributed by atoms with Crippen molar-refractivity contribution in [3.8, 4) is 50.7 Å². The van der Waals surface area contributed by atoms with Gasteiger partial charge in [-0.25, -0.2) is 14.6 Å². The lowest BCUT2D eigenvalue weighted by atomic mass is 9.87. The number of hydrogen-bond donors (Lipinski definition) is 0. The first-order chi connectivity index (χ1) is 25.3. The normalized spacial score (nSPS) is 11.5. The standard InChI is InChI=1S/C46H29N5/c1-4-14-30(15-5-1)40-41(39-24-12-23-37(48-39)38-28-27-33-26-25-32-18-13-29-47-44(32)45(33)49-38)35-21-10-11-22-36(35)46-42(40)43(31-16-6-2-7-17-31)50-51(46)34-19-8-3-9-20-34/h1-29H. The van der Waals surface area contributed by atoms with E-state index in [1.54, 1.807) is 0 Å². The Kier molecular flexibility index (Phi) is 6.74. The summed E-state index contributed by atoms with van der Waals surface area (Å²) in [5.74, 6) is 0. The van der Waals surface area contributed by atoms with Crippen molar-refractivity contribution in [2.75, 3.05) is 0 Å². The van der Waals surface area contributed by atoms with Gasteiger partial charge in [0.15, 0.2) is 0 Å². The minimum absolute atomic E-state index is 0.800. The number of fused-ring (bicyclic) bond motifs is 6. The molecule has 0 aliphatic rings. The van der Waals surface area contributed by atoms with Gasteiger partial charge < -0.3 is 0 Å². The molecule has 0 radical (unpaired) electrons. The zero-order valence-electron chi connectivity index (χ0n) is 27.5. The van der Waals surface area contributed by atoms with E-state index in [0.717, 1.165) is 94.2 Å². The maximum absolute atomic E-state index is 5.40. The highest BCUT2D eigenvalue weighted by atomic mass is 15.3. The molecular weight excluding hydrogens is 623 g/mol. The number of aromatic nitrogens is 5. The summed E-state index contributed by atoms with van der Waals surface area (Å²) in [5.41, 5.74) is 11.5. The molecule has 10 rings (SSSR count). The first-order valence-corrected chi connectivity index (χ1v) is 17.1. The minimum atomic E-state index is 0.800. The number of para-hydroxylation sites is 1. The molecule has 238 valence electrons. The topological polar surface area (TPSA) is 56.5 Å². The third-order valence-electron chi connectivity index (χ3n) is 9.65. The molecule has 0 N–H and O–H groups in total. The zero-order valence-corrected chi connectivity index (χ0v) is 27.5. The molecular formula is C46H29N5. The van der Waals surface area contributed by atoms with Crippen LogP contribution in [0.25, 0.3) is 94.2 Å². The largest absolute Gasteiger partial charge is 0.254 e. The van der Waals surface area contributed by atoms with Crippen molar-refractivity contribution in [2.45, 2.75) is 0 Å². The van der Waals surface area contributed by atoms with Crippen LogP contribution in [-0.2, 0) is 0 Å². The predicted octanol–water partition coefficient (Wildman–Crippen LogP) is 11.3. The van der Waals surface area contributed by atoms with Crippen molar-refractivity contribution in [2.24, 2.45) is 0 Å². The van der Waals surface area contributed by atoms with E-state index in [2.05, 4.69) is 155 Å². The molecule has 51 heavy (non-hydrogen) atoms. The van der Waals surface area contributed by atoms with Crippen molar-refractivity contribution in [1.82, 2.24) is 24.7 Å². The molecule has 10 aromatic rings. The van der Waals surface area contributed by atoms with Gasteiger partial charge >= 0.3 is 0 Å². The second-order valence-electron chi connectivity index (χ2n) is 12.7. The van der Waals surface area contributed by atoms with E-state index in [-0.39, 0.29) is 0 Å². The van der Waals surface area contributed by atoms with Crippen LogP contribution in [-0.4, -0.2) is 24.7 Å². The molecule has 4 aromatic heterocycles. The van der Waals surface area contributed by atoms with Crippen LogP contribution >= 0.6 is 0 Å². The van der Waals surface area contributed by atoms with Crippen LogP contribution in [0.3, 0.4) is 0 Å². The summed E-state index contributed by atoms with van der Waals surface area (Å²) in [7, 11) is 0. The van der Waals surface area contributed by atoms with Crippen molar-refractivity contribution in [3.63, 3.8) is 0 Å². The quantitative estimate of drug-likeness (QED) is 0.174. The smallest absolute Gasteiger partial charge is 0.101 e. The van der Waals surface area contributed by atoms with Gasteiger partial charge in [0.2, 0.25) is 0 Å². The van der Waals surface area contributed by atoms with E-state index < -0.39 is 0 Å². The number of pyridine rings is 3. The van der Waals surface area contributed by atoms with Gasteiger partial charge in [0.1, 0.15) is 5.69 Å². The molecule has 0 aliphatic carbocycles. The predicted molar refractivity (Wildman–Crippen MR) is 209 cm³/mol. The van der Waals surface area contributed by atoms with Crippen molar-refractivity contribution >= 4 is 43.5 Å². The molecule has 4 heterocycles. The number of hydrogen-bond acceptors (Lipinski definition) is 4. The lowest BCUT2D eigenvalue weighted by Crippen LogP contribution is -1.98. The van der Waals surface area contributed by atoms with Gasteiger partial charge in [0, 0.05) is 44.4 Å². The summed E-state index contributed by atoms with van der Waals surface area (Å²) >= 11 is 0. The zero-order chi connectivity index (χ0) is 33.7. The molecule has 0 spiro atoms. The Labute approximate surface area is 294 Å². The van der Waals surface area contributed by atoms with Crippen LogP contribution < -0.4 is 0 Å². The molecule has 0 aliphatic heterocycles. The SMILES string of the molecule is c1ccc(-c2nn(-c3ccccc3)c3c2c(-c2ccccc2)c(-c2cccc(-c4ccc5ccc6cccnc6c5n4)n2)c2ccccc23)cc1. The molecule has 0 saturated carbocycles. The van der Waals surface area contributed by atoms with E-state index in [1.165, 1.54) is 0 Å². The average Bonchev–Trinajstić information content (AvgIpc) is 3.62. The third kappa shape index (κ3) is 4.78. The highest BCUT2D eigenvalue weighted by Crippen LogP contribution is 2.48. The number of nitrogens with zero attached hydrogens (tertiary/aromatic N) is 5. The fourth-order valence-corrected chi connectivity index (χ4v) is 7.37. The second kappa shape index (κ2) is 11.9. The fraction of sp³-hybridized carbons (Fsp3) is 0. The molecule has 0 unspecified atom stereocenters. The van der Waals surface area contributed by atoms with Gasteiger partial charge in [0.25, 0.3) is 0 Å². The lowest BCUT2D eigenvalue weighted by molar-refractivity contribution is 0.918. The van der Waals surface area contributed by atoms with Gasteiger partial charge in [-0.2, -0.15) is 5.10 Å². The fourth-order valence-electron chi connectivity index (χ4n) is 7.37. The van der Waals surface area contributed by atoms with E-state index in [1.807, 2.05) is 30.5 Å². The molecule has 5 nitrogen and oxygen atoms in total. The summed E-state index contributed by atoms with van der Waals surface area (Å²) in [6.07, 6.45) is 1.82. The van der Waals surface area contributed by atoms with Crippen LogP contribution in [0.4, 0.5) is 0 Å². The Morgan fingerprint density at radius 3 is 1.82 bits per heavy atom. The summed E-state index contributed by atoms with van der Waals surface area (Å²) in [6.45, 7) is 0. The summed E-state index contributed by atoms with van der Waals surface area (Å²) in [5, 5.41) is 10.8. The second-order valence-corrected chi connectivity index (χ2v) is 12.7. The molecule has 0 fully saturated rings. The average molecular weight is 652 g/mol. The highest BCUT2D eigenvalue weighted by Gasteiger charge is 2.26. The highest BCUT2D eigenvalue weighted by molar-refractivity contribution is 6.23. The minimum Gasteiger partial charge on any atom is -0.254 e. The Morgan fingerprint density at radius 2 is 1.04 bits per heavy atom. The molecule has 0 amide bonds. The van der Waals surface area contributed by atoms with Crippen molar-refractivity contribution in [3.05, 3.63) is 176 Å². The molecule has 0 saturated heterocycles. The number of rotatable bonds is 5. The van der Waals surface area contributed by atoms with Crippen LogP contribution in [0.15, 0.2) is 176 Å².